The van der Waals surface area contributed by atoms with Crippen LogP contribution in [0.2, 0.25) is 0 Å². The molecule has 0 amide bonds. The molecule has 0 aliphatic heterocycles. The summed E-state index contributed by atoms with van der Waals surface area (Å²) in [4.78, 5) is 0. The average molecular weight is 419 g/mol. The van der Waals surface area contributed by atoms with Crippen LogP contribution in [0.25, 0.3) is 11.5 Å². The normalized spacial score (nSPS) is 11.8. The van der Waals surface area contributed by atoms with Crippen LogP contribution < -0.4 is 0 Å². The molecule has 0 saturated carbocycles. The van der Waals surface area contributed by atoms with Gasteiger partial charge in [-0.3, -0.25) is 0 Å². The van der Waals surface area contributed by atoms with E-state index in [1.165, 1.54) is 12.1 Å². The summed E-state index contributed by atoms with van der Waals surface area (Å²) in [6.07, 6.45) is -4.43. The van der Waals surface area contributed by atoms with Gasteiger partial charge in [0.15, 0.2) is 0 Å². The van der Waals surface area contributed by atoms with E-state index in [0.29, 0.717) is 0 Å². The summed E-state index contributed by atoms with van der Waals surface area (Å²) in [7, 11) is 0. The van der Waals surface area contributed by atoms with Gasteiger partial charge in [-0.05, 0) is 18.2 Å². The largest absolute Gasteiger partial charge is 0.417 e. The number of hydrogen-bond donors (Lipinski definition) is 0. The molecule has 0 spiro atoms. The maximum Gasteiger partial charge on any atom is 0.417 e. The van der Waals surface area contributed by atoms with E-state index in [1.54, 1.807) is 22.6 Å². The first-order valence-electron chi connectivity index (χ1n) is 4.24. The van der Waals surface area contributed by atoms with Gasteiger partial charge in [-0.1, -0.05) is 15.9 Å². The molecule has 1 heterocycles. The van der Waals surface area contributed by atoms with E-state index < -0.39 is 11.7 Å². The van der Waals surface area contributed by atoms with Crippen LogP contribution in [0.15, 0.2) is 27.1 Å². The van der Waals surface area contributed by atoms with Crippen LogP contribution in [0.4, 0.5) is 13.2 Å². The predicted octanol–water partition coefficient (Wildman–Crippen LogP) is 4.12. The highest BCUT2D eigenvalue weighted by Gasteiger charge is 2.33. The Hall–Kier alpha value is -0.640. The van der Waals surface area contributed by atoms with Gasteiger partial charge >= 0.3 is 6.18 Å². The Balaban J connectivity index is 2.51. The van der Waals surface area contributed by atoms with Crippen molar-refractivity contribution in [3.8, 4) is 11.5 Å². The number of nitrogens with zero attached hydrogens (tertiary/aromatic N) is 2. The summed E-state index contributed by atoms with van der Waals surface area (Å²) in [5.74, 6) is 0.0624. The third-order valence-corrected chi connectivity index (χ3v) is 3.05. The number of hydrogen-bond acceptors (Lipinski definition) is 3. The van der Waals surface area contributed by atoms with Crippen molar-refractivity contribution in [1.29, 1.82) is 0 Å². The van der Waals surface area contributed by atoms with Crippen LogP contribution in [0.5, 0.6) is 0 Å². The van der Waals surface area contributed by atoms with Gasteiger partial charge in [0.05, 0.1) is 5.56 Å². The average Bonchev–Trinajstić information content (AvgIpc) is 2.64. The Morgan fingerprint density at radius 3 is 2.47 bits per heavy atom. The lowest BCUT2D eigenvalue weighted by Crippen LogP contribution is -2.06. The van der Waals surface area contributed by atoms with E-state index in [4.69, 9.17) is 4.42 Å². The van der Waals surface area contributed by atoms with Crippen LogP contribution in [0.3, 0.4) is 0 Å². The Morgan fingerprint density at radius 2 is 1.94 bits per heavy atom. The van der Waals surface area contributed by atoms with Crippen LogP contribution in [0.1, 0.15) is 5.56 Å². The van der Waals surface area contributed by atoms with Crippen LogP contribution in [-0.2, 0) is 6.18 Å². The first-order chi connectivity index (χ1) is 7.88. The van der Waals surface area contributed by atoms with Gasteiger partial charge in [-0.15, -0.1) is 10.2 Å². The molecule has 0 atom stereocenters. The van der Waals surface area contributed by atoms with Crippen molar-refractivity contribution in [2.24, 2.45) is 0 Å². The second-order valence-electron chi connectivity index (χ2n) is 3.05. The molecule has 1 aromatic heterocycles. The summed E-state index contributed by atoms with van der Waals surface area (Å²) >= 11 is 4.64. The van der Waals surface area contributed by atoms with E-state index in [-0.39, 0.29) is 19.8 Å². The van der Waals surface area contributed by atoms with Crippen molar-refractivity contribution in [3.05, 3.63) is 32.1 Å². The quantitative estimate of drug-likeness (QED) is 0.654. The molecule has 0 saturated heterocycles. The summed E-state index contributed by atoms with van der Waals surface area (Å²) in [5, 5.41) is 7.22. The summed E-state index contributed by atoms with van der Waals surface area (Å²) in [6.45, 7) is 0. The van der Waals surface area contributed by atoms with Crippen molar-refractivity contribution in [3.63, 3.8) is 0 Å². The number of benzene rings is 1. The van der Waals surface area contributed by atoms with E-state index >= 15 is 0 Å². The van der Waals surface area contributed by atoms with Gasteiger partial charge in [0.1, 0.15) is 0 Å². The third-order valence-electron chi connectivity index (χ3n) is 1.92. The molecule has 0 N–H and O–H groups in total. The lowest BCUT2D eigenvalue weighted by atomic mass is 10.1. The highest BCUT2D eigenvalue weighted by molar-refractivity contribution is 14.1. The molecular formula is C9H3BrF3IN2O. The Bertz CT molecular complexity index is 555. The molecule has 3 nitrogen and oxygen atoms in total. The molecule has 2 aromatic rings. The minimum absolute atomic E-state index is 0.0250. The van der Waals surface area contributed by atoms with E-state index in [2.05, 4.69) is 26.1 Å². The van der Waals surface area contributed by atoms with Crippen LogP contribution >= 0.6 is 38.5 Å². The molecule has 0 aliphatic carbocycles. The fourth-order valence-corrected chi connectivity index (χ4v) is 1.99. The highest BCUT2D eigenvalue weighted by Crippen LogP contribution is 2.37. The van der Waals surface area contributed by atoms with Crippen LogP contribution in [-0.4, -0.2) is 10.2 Å². The molecule has 1 aromatic carbocycles. The summed E-state index contributed by atoms with van der Waals surface area (Å²) in [6, 6.07) is 3.74. The van der Waals surface area contributed by atoms with Crippen molar-refractivity contribution >= 4 is 38.5 Å². The summed E-state index contributed by atoms with van der Waals surface area (Å²) in [5.41, 5.74) is -0.542. The standard InChI is InChI=1S/C9H3BrF3IN2O/c10-6-2-1-4(3-5(6)9(11,12)13)7-15-16-8(14)17-7/h1-3H. The zero-order valence-electron chi connectivity index (χ0n) is 7.92. The van der Waals surface area contributed by atoms with Crippen molar-refractivity contribution < 1.29 is 17.6 Å². The van der Waals surface area contributed by atoms with Gasteiger partial charge in [-0.25, -0.2) is 0 Å². The lowest BCUT2D eigenvalue weighted by molar-refractivity contribution is -0.138. The van der Waals surface area contributed by atoms with Crippen molar-refractivity contribution in [2.45, 2.75) is 6.18 Å². The number of halogens is 5. The molecule has 0 radical (unpaired) electrons. The smallest absolute Gasteiger partial charge is 0.412 e. The number of rotatable bonds is 1. The molecule has 0 bridgehead atoms. The minimum atomic E-state index is -4.43. The maximum absolute atomic E-state index is 12.7. The topological polar surface area (TPSA) is 38.9 Å². The molecule has 17 heavy (non-hydrogen) atoms. The molecule has 0 aliphatic rings. The fourth-order valence-electron chi connectivity index (χ4n) is 1.20. The predicted molar refractivity (Wildman–Crippen MR) is 65.2 cm³/mol. The number of alkyl halides is 3. The maximum atomic E-state index is 12.7. The van der Waals surface area contributed by atoms with Crippen molar-refractivity contribution in [1.82, 2.24) is 10.2 Å². The molecule has 2 rings (SSSR count). The van der Waals surface area contributed by atoms with E-state index in [0.717, 1.165) is 6.07 Å². The minimum Gasteiger partial charge on any atom is -0.412 e. The van der Waals surface area contributed by atoms with E-state index in [1.807, 2.05) is 0 Å². The van der Waals surface area contributed by atoms with Gasteiger partial charge in [0.25, 0.3) is 3.90 Å². The molecule has 90 valence electrons. The van der Waals surface area contributed by atoms with Crippen LogP contribution in [0, 0.1) is 3.90 Å². The second-order valence-corrected chi connectivity index (χ2v) is 4.83. The first-order valence-corrected chi connectivity index (χ1v) is 6.11. The first kappa shape index (κ1) is 12.8. The van der Waals surface area contributed by atoms with E-state index in [9.17, 15) is 13.2 Å². The molecule has 0 unspecified atom stereocenters. The number of aromatic nitrogens is 2. The highest BCUT2D eigenvalue weighted by atomic mass is 127. The monoisotopic (exact) mass is 418 g/mol. The van der Waals surface area contributed by atoms with Gasteiger partial charge in [0.2, 0.25) is 5.89 Å². The zero-order valence-corrected chi connectivity index (χ0v) is 11.7. The lowest BCUT2D eigenvalue weighted by Gasteiger charge is -2.09. The Kier molecular flexibility index (Phi) is 3.43. The SMILES string of the molecule is FC(F)(F)c1cc(-c2nnc(I)o2)ccc1Br. The summed E-state index contributed by atoms with van der Waals surface area (Å²) < 4.78 is 43.3. The third kappa shape index (κ3) is 2.79. The zero-order chi connectivity index (χ0) is 12.6. The molecule has 0 fully saturated rings. The Labute approximate surface area is 116 Å². The second kappa shape index (κ2) is 4.56. The Morgan fingerprint density at radius 1 is 1.24 bits per heavy atom. The van der Waals surface area contributed by atoms with Gasteiger partial charge < -0.3 is 4.42 Å². The fraction of sp³-hybridized carbons (Fsp3) is 0.111. The van der Waals surface area contributed by atoms with Gasteiger partial charge in [-0.2, -0.15) is 13.2 Å². The van der Waals surface area contributed by atoms with Gasteiger partial charge in [0, 0.05) is 32.6 Å². The van der Waals surface area contributed by atoms with Crippen molar-refractivity contribution in [2.75, 3.05) is 0 Å². The molecular weight excluding hydrogens is 416 g/mol. The molecule has 8 heteroatoms.